The molecule has 0 aromatic heterocycles. The zero-order valence-corrected chi connectivity index (χ0v) is 16.5. The number of carbonyl (C=O) groups excluding carboxylic acids is 1. The van der Waals surface area contributed by atoms with Crippen molar-refractivity contribution in [2.24, 2.45) is 0 Å². The fraction of sp³-hybridized carbons (Fsp3) is 0.278. The topological polar surface area (TPSA) is 78.5 Å². The van der Waals surface area contributed by atoms with Gasteiger partial charge in [0, 0.05) is 23.8 Å². The number of nitrogens with one attached hydrogen (secondary N) is 2. The molecule has 8 heteroatoms. The first-order chi connectivity index (χ1) is 12.3. The summed E-state index contributed by atoms with van der Waals surface area (Å²) >= 11 is 6.03. The van der Waals surface area contributed by atoms with Crippen LogP contribution in [0.2, 0.25) is 5.02 Å². The highest BCUT2D eigenvalue weighted by Gasteiger charge is 2.16. The van der Waals surface area contributed by atoms with E-state index in [0.29, 0.717) is 35.1 Å². The van der Waals surface area contributed by atoms with Gasteiger partial charge in [-0.05, 0) is 62.7 Å². The van der Waals surface area contributed by atoms with E-state index in [1.54, 1.807) is 42.2 Å². The molecule has 0 heterocycles. The first-order valence-electron chi connectivity index (χ1n) is 8.22. The van der Waals surface area contributed by atoms with E-state index in [4.69, 9.17) is 11.6 Å². The van der Waals surface area contributed by atoms with Gasteiger partial charge >= 0.3 is 6.03 Å². The minimum Gasteiger partial charge on any atom is -0.325 e. The number of rotatable bonds is 6. The van der Waals surface area contributed by atoms with Gasteiger partial charge in [-0.1, -0.05) is 17.7 Å². The SMILES string of the molecule is CCN(CC)C(=O)Nc1ccc(S(=O)(=O)Nc2cccc(Cl)c2C)cc1. The normalized spacial score (nSPS) is 11.1. The number of nitrogens with zero attached hydrogens (tertiary/aromatic N) is 1. The standard InChI is InChI=1S/C18H22ClN3O3S/c1-4-22(5-2)18(23)20-14-9-11-15(12-10-14)26(24,25)21-17-8-6-7-16(19)13(17)3/h6-12,21H,4-5H2,1-3H3,(H,20,23). The summed E-state index contributed by atoms with van der Waals surface area (Å²) in [6.45, 7) is 6.71. The lowest BCUT2D eigenvalue weighted by Crippen LogP contribution is -2.34. The van der Waals surface area contributed by atoms with Crippen LogP contribution >= 0.6 is 11.6 Å². The lowest BCUT2D eigenvalue weighted by molar-refractivity contribution is 0.217. The smallest absolute Gasteiger partial charge is 0.321 e. The van der Waals surface area contributed by atoms with Crippen molar-refractivity contribution in [3.05, 3.63) is 53.1 Å². The maximum atomic E-state index is 12.5. The molecular formula is C18H22ClN3O3S. The van der Waals surface area contributed by atoms with Crippen LogP contribution < -0.4 is 10.0 Å². The van der Waals surface area contributed by atoms with E-state index < -0.39 is 10.0 Å². The Hall–Kier alpha value is -2.25. The first-order valence-corrected chi connectivity index (χ1v) is 10.1. The van der Waals surface area contributed by atoms with E-state index in [2.05, 4.69) is 10.0 Å². The lowest BCUT2D eigenvalue weighted by atomic mass is 10.2. The fourth-order valence-corrected chi connectivity index (χ4v) is 3.65. The van der Waals surface area contributed by atoms with Gasteiger partial charge in [-0.25, -0.2) is 13.2 Å². The van der Waals surface area contributed by atoms with Crippen molar-refractivity contribution in [1.29, 1.82) is 0 Å². The van der Waals surface area contributed by atoms with Crippen LogP contribution in [0.1, 0.15) is 19.4 Å². The molecule has 0 unspecified atom stereocenters. The summed E-state index contributed by atoms with van der Waals surface area (Å²) < 4.78 is 27.6. The Labute approximate surface area is 159 Å². The number of benzene rings is 2. The monoisotopic (exact) mass is 395 g/mol. The molecule has 0 saturated carbocycles. The Bertz CT molecular complexity index is 879. The van der Waals surface area contributed by atoms with Gasteiger partial charge in [0.15, 0.2) is 0 Å². The average Bonchev–Trinajstić information content (AvgIpc) is 2.60. The molecule has 26 heavy (non-hydrogen) atoms. The van der Waals surface area contributed by atoms with Crippen LogP contribution in [0.4, 0.5) is 16.2 Å². The largest absolute Gasteiger partial charge is 0.325 e. The van der Waals surface area contributed by atoms with Crippen molar-refractivity contribution in [2.45, 2.75) is 25.7 Å². The van der Waals surface area contributed by atoms with E-state index in [1.165, 1.54) is 12.1 Å². The van der Waals surface area contributed by atoms with Gasteiger partial charge in [-0.3, -0.25) is 4.72 Å². The molecule has 2 amide bonds. The number of anilines is 2. The van der Waals surface area contributed by atoms with E-state index >= 15 is 0 Å². The van der Waals surface area contributed by atoms with E-state index in [9.17, 15) is 13.2 Å². The summed E-state index contributed by atoms with van der Waals surface area (Å²) in [5.74, 6) is 0. The highest BCUT2D eigenvalue weighted by molar-refractivity contribution is 7.92. The van der Waals surface area contributed by atoms with Crippen LogP contribution in [0.5, 0.6) is 0 Å². The van der Waals surface area contributed by atoms with Gasteiger partial charge in [-0.2, -0.15) is 0 Å². The molecule has 0 aliphatic rings. The molecular weight excluding hydrogens is 374 g/mol. The van der Waals surface area contributed by atoms with Gasteiger partial charge in [0.1, 0.15) is 0 Å². The number of carbonyl (C=O) groups is 1. The third-order valence-corrected chi connectivity index (χ3v) is 5.77. The molecule has 0 fully saturated rings. The number of hydrogen-bond donors (Lipinski definition) is 2. The Morgan fingerprint density at radius 1 is 1.08 bits per heavy atom. The van der Waals surface area contributed by atoms with Crippen molar-refractivity contribution in [3.63, 3.8) is 0 Å². The molecule has 140 valence electrons. The van der Waals surface area contributed by atoms with Crippen LogP contribution in [0.25, 0.3) is 0 Å². The molecule has 0 spiro atoms. The highest BCUT2D eigenvalue weighted by Crippen LogP contribution is 2.25. The number of sulfonamides is 1. The van der Waals surface area contributed by atoms with Gasteiger partial charge in [0.25, 0.3) is 10.0 Å². The third-order valence-electron chi connectivity index (χ3n) is 3.98. The predicted molar refractivity (Wildman–Crippen MR) is 105 cm³/mol. The summed E-state index contributed by atoms with van der Waals surface area (Å²) in [6.07, 6.45) is 0. The zero-order valence-electron chi connectivity index (χ0n) is 14.9. The highest BCUT2D eigenvalue weighted by atomic mass is 35.5. The van der Waals surface area contributed by atoms with E-state index in [0.717, 1.165) is 0 Å². The van der Waals surface area contributed by atoms with Crippen LogP contribution in [-0.4, -0.2) is 32.4 Å². The van der Waals surface area contributed by atoms with Crippen LogP contribution in [0.15, 0.2) is 47.4 Å². The molecule has 0 saturated heterocycles. The van der Waals surface area contributed by atoms with Crippen molar-refractivity contribution in [1.82, 2.24) is 4.90 Å². The molecule has 2 N–H and O–H groups in total. The van der Waals surface area contributed by atoms with E-state index in [1.807, 2.05) is 13.8 Å². The number of halogens is 1. The van der Waals surface area contributed by atoms with Crippen molar-refractivity contribution in [3.8, 4) is 0 Å². The molecule has 0 aliphatic carbocycles. The second-order valence-corrected chi connectivity index (χ2v) is 7.73. The average molecular weight is 396 g/mol. The van der Waals surface area contributed by atoms with Crippen LogP contribution in [-0.2, 0) is 10.0 Å². The van der Waals surface area contributed by atoms with Crippen LogP contribution in [0.3, 0.4) is 0 Å². The molecule has 0 bridgehead atoms. The van der Waals surface area contributed by atoms with Crippen molar-refractivity contribution in [2.75, 3.05) is 23.1 Å². The second-order valence-electron chi connectivity index (χ2n) is 5.64. The Morgan fingerprint density at radius 3 is 2.27 bits per heavy atom. The van der Waals surface area contributed by atoms with Crippen molar-refractivity contribution >= 4 is 39.0 Å². The Kier molecular flexibility index (Phi) is 6.50. The summed E-state index contributed by atoms with van der Waals surface area (Å²) in [7, 11) is -3.76. The zero-order chi connectivity index (χ0) is 19.3. The van der Waals surface area contributed by atoms with E-state index in [-0.39, 0.29) is 10.9 Å². The molecule has 0 radical (unpaired) electrons. The maximum absolute atomic E-state index is 12.5. The molecule has 0 aliphatic heterocycles. The minimum absolute atomic E-state index is 0.0951. The Morgan fingerprint density at radius 2 is 1.69 bits per heavy atom. The minimum atomic E-state index is -3.76. The van der Waals surface area contributed by atoms with Crippen molar-refractivity contribution < 1.29 is 13.2 Å². The predicted octanol–water partition coefficient (Wildman–Crippen LogP) is 4.32. The first kappa shape index (κ1) is 20.1. The summed E-state index contributed by atoms with van der Waals surface area (Å²) in [6, 6.07) is 10.8. The molecule has 2 aromatic carbocycles. The van der Waals surface area contributed by atoms with Gasteiger partial charge in [-0.15, -0.1) is 0 Å². The second kappa shape index (κ2) is 8.42. The number of amides is 2. The molecule has 0 atom stereocenters. The summed E-state index contributed by atoms with van der Waals surface area (Å²) in [5, 5.41) is 3.23. The molecule has 2 aromatic rings. The molecule has 6 nitrogen and oxygen atoms in total. The van der Waals surface area contributed by atoms with Gasteiger partial charge in [0.2, 0.25) is 0 Å². The summed E-state index contributed by atoms with van der Waals surface area (Å²) in [4.78, 5) is 13.8. The summed E-state index contributed by atoms with van der Waals surface area (Å²) in [5.41, 5.74) is 1.61. The quantitative estimate of drug-likeness (QED) is 0.764. The third kappa shape index (κ3) is 4.68. The lowest BCUT2D eigenvalue weighted by Gasteiger charge is -2.19. The van der Waals surface area contributed by atoms with Gasteiger partial charge in [0.05, 0.1) is 10.6 Å². The molecule has 2 rings (SSSR count). The van der Waals surface area contributed by atoms with Gasteiger partial charge < -0.3 is 10.2 Å². The number of urea groups is 1. The Balaban J connectivity index is 2.16. The fourth-order valence-electron chi connectivity index (χ4n) is 2.35. The van der Waals surface area contributed by atoms with Crippen LogP contribution in [0, 0.1) is 6.92 Å². The maximum Gasteiger partial charge on any atom is 0.321 e. The number of hydrogen-bond acceptors (Lipinski definition) is 3.